The summed E-state index contributed by atoms with van der Waals surface area (Å²) >= 11 is 0. The molecule has 0 spiro atoms. The van der Waals surface area contributed by atoms with Crippen molar-refractivity contribution in [3.8, 4) is 17.6 Å². The fourth-order valence-electron chi connectivity index (χ4n) is 2.31. The van der Waals surface area contributed by atoms with Gasteiger partial charge in [0.2, 0.25) is 5.88 Å². The van der Waals surface area contributed by atoms with Gasteiger partial charge in [0.15, 0.2) is 0 Å². The predicted molar refractivity (Wildman–Crippen MR) is 71.0 cm³/mol. The van der Waals surface area contributed by atoms with E-state index in [1.165, 1.54) is 0 Å². The Hall–Kier alpha value is -2.87. The summed E-state index contributed by atoms with van der Waals surface area (Å²) in [5.74, 6) is 1.62. The first-order chi connectivity index (χ1) is 9.74. The molecule has 3 rings (SSSR count). The largest absolute Gasteiger partial charge is 0.497 e. The SMILES string of the molecule is COc1ccc2c(c1)OC(N)=C(C#N)[C@@H]2c1ccco1. The number of nitrogens with two attached hydrogens (primary N) is 1. The van der Waals surface area contributed by atoms with Crippen LogP contribution in [-0.4, -0.2) is 7.11 Å². The summed E-state index contributed by atoms with van der Waals surface area (Å²) in [6.07, 6.45) is 1.57. The standard InChI is InChI=1S/C15H12N2O3/c1-18-9-4-5-10-13(7-9)20-15(17)11(8-16)14(10)12-3-2-6-19-12/h2-7,14H,17H2,1H3/t14-/m1/s1. The molecule has 2 N–H and O–H groups in total. The Bertz CT molecular complexity index is 711. The van der Waals surface area contributed by atoms with Crippen LogP contribution >= 0.6 is 0 Å². The second-order valence-electron chi connectivity index (χ2n) is 4.34. The highest BCUT2D eigenvalue weighted by molar-refractivity contribution is 5.55. The zero-order valence-electron chi connectivity index (χ0n) is 10.8. The Labute approximate surface area is 115 Å². The normalized spacial score (nSPS) is 17.1. The molecular formula is C15H12N2O3. The van der Waals surface area contributed by atoms with Gasteiger partial charge in [0, 0.05) is 11.6 Å². The van der Waals surface area contributed by atoms with Crippen LogP contribution in [0.1, 0.15) is 17.2 Å². The maximum atomic E-state index is 9.32. The van der Waals surface area contributed by atoms with E-state index >= 15 is 0 Å². The third-order valence-electron chi connectivity index (χ3n) is 3.25. The molecule has 1 aromatic heterocycles. The molecular weight excluding hydrogens is 256 g/mol. The highest BCUT2D eigenvalue weighted by atomic mass is 16.5. The Morgan fingerprint density at radius 1 is 1.35 bits per heavy atom. The van der Waals surface area contributed by atoms with Gasteiger partial charge in [-0.3, -0.25) is 0 Å². The van der Waals surface area contributed by atoms with Crippen LogP contribution < -0.4 is 15.2 Å². The number of nitrogens with zero attached hydrogens (tertiary/aromatic N) is 1. The molecule has 0 amide bonds. The zero-order valence-corrected chi connectivity index (χ0v) is 10.8. The molecule has 1 aliphatic heterocycles. The molecule has 1 aliphatic rings. The van der Waals surface area contributed by atoms with E-state index in [2.05, 4.69) is 6.07 Å². The maximum absolute atomic E-state index is 9.32. The van der Waals surface area contributed by atoms with E-state index in [9.17, 15) is 5.26 Å². The van der Waals surface area contributed by atoms with E-state index in [0.29, 0.717) is 22.8 Å². The summed E-state index contributed by atoms with van der Waals surface area (Å²) in [5.41, 5.74) is 7.02. The molecule has 2 heterocycles. The predicted octanol–water partition coefficient (Wildman–Crippen LogP) is 2.51. The van der Waals surface area contributed by atoms with Crippen molar-refractivity contribution in [3.05, 3.63) is 59.4 Å². The third kappa shape index (κ3) is 1.79. The van der Waals surface area contributed by atoms with Gasteiger partial charge in [-0.25, -0.2) is 0 Å². The Kier molecular flexibility index (Phi) is 2.84. The van der Waals surface area contributed by atoms with E-state index in [4.69, 9.17) is 19.6 Å². The number of methoxy groups -OCH3 is 1. The van der Waals surface area contributed by atoms with E-state index < -0.39 is 0 Å². The number of hydrogen-bond donors (Lipinski definition) is 1. The minimum atomic E-state index is -0.357. The summed E-state index contributed by atoms with van der Waals surface area (Å²) in [5, 5.41) is 9.32. The summed E-state index contributed by atoms with van der Waals surface area (Å²) in [6, 6.07) is 11.1. The van der Waals surface area contributed by atoms with Crippen molar-refractivity contribution in [2.75, 3.05) is 7.11 Å². The molecule has 0 unspecified atom stereocenters. The molecule has 5 nitrogen and oxygen atoms in total. The van der Waals surface area contributed by atoms with Crippen LogP contribution in [0.3, 0.4) is 0 Å². The summed E-state index contributed by atoms with van der Waals surface area (Å²) in [6.45, 7) is 0. The van der Waals surface area contributed by atoms with Crippen LogP contribution in [0.25, 0.3) is 0 Å². The van der Waals surface area contributed by atoms with Crippen molar-refractivity contribution in [1.29, 1.82) is 5.26 Å². The number of ether oxygens (including phenoxy) is 2. The van der Waals surface area contributed by atoms with Crippen LogP contribution in [0.2, 0.25) is 0 Å². The van der Waals surface area contributed by atoms with Crippen molar-refractivity contribution in [1.82, 2.24) is 0 Å². The molecule has 1 aromatic carbocycles. The lowest BCUT2D eigenvalue weighted by Crippen LogP contribution is -2.20. The van der Waals surface area contributed by atoms with Gasteiger partial charge in [-0.15, -0.1) is 0 Å². The van der Waals surface area contributed by atoms with E-state index in [0.717, 1.165) is 5.56 Å². The Morgan fingerprint density at radius 3 is 2.85 bits per heavy atom. The highest BCUT2D eigenvalue weighted by Gasteiger charge is 2.32. The molecule has 1 atom stereocenters. The van der Waals surface area contributed by atoms with Gasteiger partial charge in [0.25, 0.3) is 0 Å². The quantitative estimate of drug-likeness (QED) is 0.905. The third-order valence-corrected chi connectivity index (χ3v) is 3.25. The first kappa shape index (κ1) is 12.2. The van der Waals surface area contributed by atoms with Crippen LogP contribution in [0.15, 0.2) is 52.5 Å². The number of allylic oxidation sites excluding steroid dienone is 1. The van der Waals surface area contributed by atoms with Crippen LogP contribution in [0.4, 0.5) is 0 Å². The first-order valence-corrected chi connectivity index (χ1v) is 6.03. The lowest BCUT2D eigenvalue weighted by Gasteiger charge is -2.25. The fourth-order valence-corrected chi connectivity index (χ4v) is 2.31. The van der Waals surface area contributed by atoms with Crippen LogP contribution in [0, 0.1) is 11.3 Å². The van der Waals surface area contributed by atoms with Crippen molar-refractivity contribution in [2.45, 2.75) is 5.92 Å². The van der Waals surface area contributed by atoms with Crippen molar-refractivity contribution >= 4 is 0 Å². The number of hydrogen-bond acceptors (Lipinski definition) is 5. The smallest absolute Gasteiger partial charge is 0.205 e. The number of furan rings is 1. The summed E-state index contributed by atoms with van der Waals surface area (Å²) in [4.78, 5) is 0. The van der Waals surface area contributed by atoms with Gasteiger partial charge in [0.05, 0.1) is 19.3 Å². The number of benzene rings is 1. The molecule has 0 fully saturated rings. The molecule has 0 aliphatic carbocycles. The Morgan fingerprint density at radius 2 is 2.20 bits per heavy atom. The molecule has 100 valence electrons. The summed E-state index contributed by atoms with van der Waals surface area (Å²) in [7, 11) is 1.58. The van der Waals surface area contributed by atoms with E-state index in [1.807, 2.05) is 18.2 Å². The van der Waals surface area contributed by atoms with Crippen LogP contribution in [0.5, 0.6) is 11.5 Å². The van der Waals surface area contributed by atoms with Crippen LogP contribution in [-0.2, 0) is 0 Å². The average molecular weight is 268 g/mol. The van der Waals surface area contributed by atoms with Gasteiger partial charge in [-0.1, -0.05) is 6.07 Å². The van der Waals surface area contributed by atoms with Crippen molar-refractivity contribution < 1.29 is 13.9 Å². The van der Waals surface area contributed by atoms with E-state index in [-0.39, 0.29) is 11.8 Å². The highest BCUT2D eigenvalue weighted by Crippen LogP contribution is 2.43. The zero-order chi connectivity index (χ0) is 14.1. The maximum Gasteiger partial charge on any atom is 0.205 e. The summed E-state index contributed by atoms with van der Waals surface area (Å²) < 4.78 is 16.1. The Balaban J connectivity index is 2.19. The second-order valence-corrected chi connectivity index (χ2v) is 4.34. The molecule has 2 aromatic rings. The minimum Gasteiger partial charge on any atom is -0.497 e. The van der Waals surface area contributed by atoms with Gasteiger partial charge in [0.1, 0.15) is 28.9 Å². The molecule has 0 radical (unpaired) electrons. The van der Waals surface area contributed by atoms with E-state index in [1.54, 1.807) is 25.5 Å². The van der Waals surface area contributed by atoms with Gasteiger partial charge >= 0.3 is 0 Å². The topological polar surface area (TPSA) is 81.4 Å². The number of rotatable bonds is 2. The molecule has 0 saturated heterocycles. The number of fused-ring (bicyclic) bond motifs is 1. The van der Waals surface area contributed by atoms with Crippen molar-refractivity contribution in [3.63, 3.8) is 0 Å². The van der Waals surface area contributed by atoms with Gasteiger partial charge in [-0.05, 0) is 18.2 Å². The fraction of sp³-hybridized carbons (Fsp3) is 0.133. The molecule has 5 heteroatoms. The number of nitriles is 1. The second kappa shape index (κ2) is 4.67. The molecule has 0 bridgehead atoms. The lowest BCUT2D eigenvalue weighted by atomic mass is 9.87. The first-order valence-electron chi connectivity index (χ1n) is 6.03. The lowest BCUT2D eigenvalue weighted by molar-refractivity contribution is 0.374. The molecule has 20 heavy (non-hydrogen) atoms. The van der Waals surface area contributed by atoms with Crippen molar-refractivity contribution in [2.24, 2.45) is 5.73 Å². The monoisotopic (exact) mass is 268 g/mol. The van der Waals surface area contributed by atoms with Gasteiger partial charge < -0.3 is 19.6 Å². The van der Waals surface area contributed by atoms with Gasteiger partial charge in [-0.2, -0.15) is 5.26 Å². The minimum absolute atomic E-state index is 0.0923. The average Bonchev–Trinajstić information content (AvgIpc) is 2.98. The molecule has 0 saturated carbocycles.